The van der Waals surface area contributed by atoms with Gasteiger partial charge in [0.05, 0.1) is 16.5 Å². The number of nitrogens with zero attached hydrogens (tertiary/aromatic N) is 3. The summed E-state index contributed by atoms with van der Waals surface area (Å²) >= 11 is 0. The highest BCUT2D eigenvalue weighted by Gasteiger charge is 2.30. The lowest BCUT2D eigenvalue weighted by Crippen LogP contribution is -2.51. The Hall–Kier alpha value is -2.89. The monoisotopic (exact) mass is 371 g/mol. The van der Waals surface area contributed by atoms with Crippen LogP contribution in [0.4, 0.5) is 4.79 Å². The summed E-state index contributed by atoms with van der Waals surface area (Å²) in [5.74, 6) is 0.449. The van der Waals surface area contributed by atoms with E-state index in [4.69, 9.17) is 10.00 Å². The fourth-order valence-corrected chi connectivity index (χ4v) is 4.04. The summed E-state index contributed by atoms with van der Waals surface area (Å²) in [4.78, 5) is 13.8. The van der Waals surface area contributed by atoms with Crippen LogP contribution in [0.25, 0.3) is 0 Å². The van der Waals surface area contributed by atoms with E-state index in [1.54, 1.807) is 24.3 Å². The predicted octanol–water partition coefficient (Wildman–Crippen LogP) is 2.06. The van der Waals surface area contributed by atoms with Gasteiger partial charge in [0.15, 0.2) is 0 Å². The molecule has 1 heterocycles. The van der Waals surface area contributed by atoms with Gasteiger partial charge < -0.3 is 9.64 Å². The molecular weight excluding hydrogens is 354 g/mol. The first-order valence-electron chi connectivity index (χ1n) is 8.03. The van der Waals surface area contributed by atoms with Crippen LogP contribution in [0.3, 0.4) is 0 Å². The molecule has 2 aromatic carbocycles. The zero-order valence-corrected chi connectivity index (χ0v) is 14.7. The normalized spacial score (nSPS) is 15.3. The van der Waals surface area contributed by atoms with Gasteiger partial charge in [-0.15, -0.1) is 0 Å². The van der Waals surface area contributed by atoms with Crippen molar-refractivity contribution in [3.05, 3.63) is 60.2 Å². The van der Waals surface area contributed by atoms with Gasteiger partial charge in [0.1, 0.15) is 5.75 Å². The number of nitriles is 1. The van der Waals surface area contributed by atoms with Crippen LogP contribution in [0, 0.1) is 11.3 Å². The van der Waals surface area contributed by atoms with Crippen LogP contribution in [0.2, 0.25) is 0 Å². The highest BCUT2D eigenvalue weighted by Crippen LogP contribution is 2.19. The smallest absolute Gasteiger partial charge is 0.410 e. The third kappa shape index (κ3) is 3.85. The number of piperazine rings is 1. The molecule has 0 spiro atoms. The van der Waals surface area contributed by atoms with Crippen molar-refractivity contribution in [2.45, 2.75) is 4.90 Å². The summed E-state index contributed by atoms with van der Waals surface area (Å²) < 4.78 is 31.9. The van der Waals surface area contributed by atoms with Crippen molar-refractivity contribution >= 4 is 16.1 Å². The van der Waals surface area contributed by atoms with E-state index >= 15 is 0 Å². The number of carbonyl (C=O) groups is 1. The molecule has 0 aliphatic carbocycles. The van der Waals surface area contributed by atoms with E-state index in [1.807, 2.05) is 12.1 Å². The minimum Gasteiger partial charge on any atom is -0.410 e. The Bertz CT molecular complexity index is 913. The second-order valence-electron chi connectivity index (χ2n) is 5.71. The molecule has 2 aromatic rings. The van der Waals surface area contributed by atoms with E-state index in [-0.39, 0.29) is 31.1 Å². The lowest BCUT2D eigenvalue weighted by atomic mass is 10.2. The van der Waals surface area contributed by atoms with Crippen LogP contribution in [-0.4, -0.2) is 49.9 Å². The van der Waals surface area contributed by atoms with Crippen molar-refractivity contribution in [3.63, 3.8) is 0 Å². The molecule has 1 amide bonds. The topological polar surface area (TPSA) is 90.7 Å². The largest absolute Gasteiger partial charge is 0.415 e. The third-order valence-corrected chi connectivity index (χ3v) is 5.98. The number of ether oxygens (including phenoxy) is 1. The maximum Gasteiger partial charge on any atom is 0.415 e. The fraction of sp³-hybridized carbons (Fsp3) is 0.222. The molecule has 0 atom stereocenters. The van der Waals surface area contributed by atoms with Crippen LogP contribution in [-0.2, 0) is 10.0 Å². The Kier molecular flexibility index (Phi) is 5.21. The number of amides is 1. The van der Waals surface area contributed by atoms with Crippen molar-refractivity contribution in [1.29, 1.82) is 5.26 Å². The maximum absolute atomic E-state index is 12.7. The summed E-state index contributed by atoms with van der Waals surface area (Å²) in [5.41, 5.74) is 0.400. The van der Waals surface area contributed by atoms with E-state index < -0.39 is 16.1 Å². The quantitative estimate of drug-likeness (QED) is 0.824. The van der Waals surface area contributed by atoms with Gasteiger partial charge in [-0.1, -0.05) is 18.2 Å². The maximum atomic E-state index is 12.7. The second-order valence-corrected chi connectivity index (χ2v) is 7.65. The molecule has 1 aliphatic heterocycles. The minimum atomic E-state index is -3.65. The first-order valence-corrected chi connectivity index (χ1v) is 9.47. The average Bonchev–Trinajstić information content (AvgIpc) is 2.69. The second kappa shape index (κ2) is 7.56. The molecule has 1 aliphatic rings. The van der Waals surface area contributed by atoms with Crippen molar-refractivity contribution in [2.24, 2.45) is 0 Å². The molecule has 0 unspecified atom stereocenters. The van der Waals surface area contributed by atoms with Gasteiger partial charge in [-0.2, -0.15) is 9.57 Å². The molecule has 0 N–H and O–H groups in total. The van der Waals surface area contributed by atoms with E-state index in [9.17, 15) is 13.2 Å². The van der Waals surface area contributed by atoms with Crippen LogP contribution in [0.1, 0.15) is 5.56 Å². The van der Waals surface area contributed by atoms with E-state index in [0.29, 0.717) is 11.3 Å². The average molecular weight is 371 g/mol. The van der Waals surface area contributed by atoms with Gasteiger partial charge >= 0.3 is 6.09 Å². The molecule has 0 aromatic heterocycles. The van der Waals surface area contributed by atoms with Crippen LogP contribution in [0.15, 0.2) is 59.5 Å². The van der Waals surface area contributed by atoms with E-state index in [1.165, 1.54) is 33.5 Å². The summed E-state index contributed by atoms with van der Waals surface area (Å²) in [6.07, 6.45) is -0.494. The first-order chi connectivity index (χ1) is 12.5. The van der Waals surface area contributed by atoms with Gasteiger partial charge in [-0.25, -0.2) is 13.2 Å². The molecule has 1 fully saturated rings. The van der Waals surface area contributed by atoms with Gasteiger partial charge in [0, 0.05) is 26.2 Å². The molecule has 8 heteroatoms. The summed E-state index contributed by atoms with van der Waals surface area (Å²) in [5, 5.41) is 8.81. The third-order valence-electron chi connectivity index (χ3n) is 4.07. The first kappa shape index (κ1) is 17.9. The lowest BCUT2D eigenvalue weighted by Gasteiger charge is -2.33. The highest BCUT2D eigenvalue weighted by atomic mass is 32.2. The summed E-state index contributed by atoms with van der Waals surface area (Å²) in [6, 6.07) is 16.5. The minimum absolute atomic E-state index is 0.136. The van der Waals surface area contributed by atoms with E-state index in [0.717, 1.165) is 0 Å². The number of carbonyl (C=O) groups excluding carboxylic acids is 1. The van der Waals surface area contributed by atoms with Crippen LogP contribution < -0.4 is 4.74 Å². The van der Waals surface area contributed by atoms with Crippen molar-refractivity contribution in [1.82, 2.24) is 9.21 Å². The Morgan fingerprint density at radius 2 is 1.58 bits per heavy atom. The Labute approximate surface area is 152 Å². The highest BCUT2D eigenvalue weighted by molar-refractivity contribution is 7.89. The number of benzene rings is 2. The Morgan fingerprint density at radius 1 is 0.962 bits per heavy atom. The predicted molar refractivity (Wildman–Crippen MR) is 94.0 cm³/mol. The fourth-order valence-electron chi connectivity index (χ4n) is 2.62. The zero-order chi connectivity index (χ0) is 18.6. The SMILES string of the molecule is N#Cc1ccc(S(=O)(=O)N2CCN(C(=O)Oc3ccccc3)CC2)cc1. The summed E-state index contributed by atoms with van der Waals surface area (Å²) in [6.45, 7) is 0.876. The molecule has 7 nitrogen and oxygen atoms in total. The molecule has 0 radical (unpaired) electrons. The molecule has 0 bridgehead atoms. The Balaban J connectivity index is 1.62. The summed E-state index contributed by atoms with van der Waals surface area (Å²) in [7, 11) is -3.65. The molecule has 3 rings (SSSR count). The zero-order valence-electron chi connectivity index (χ0n) is 13.9. The molecule has 134 valence electrons. The molecule has 1 saturated heterocycles. The van der Waals surface area contributed by atoms with Gasteiger partial charge in [-0.05, 0) is 36.4 Å². The van der Waals surface area contributed by atoms with Crippen molar-refractivity contribution in [3.8, 4) is 11.8 Å². The Morgan fingerprint density at radius 3 is 2.15 bits per heavy atom. The molecular formula is C18H17N3O4S. The molecule has 0 saturated carbocycles. The van der Waals surface area contributed by atoms with Gasteiger partial charge in [0.25, 0.3) is 0 Å². The van der Waals surface area contributed by atoms with Crippen molar-refractivity contribution in [2.75, 3.05) is 26.2 Å². The molecule has 26 heavy (non-hydrogen) atoms. The number of hydrogen-bond donors (Lipinski definition) is 0. The number of sulfonamides is 1. The lowest BCUT2D eigenvalue weighted by molar-refractivity contribution is 0.132. The number of hydrogen-bond acceptors (Lipinski definition) is 5. The van der Waals surface area contributed by atoms with Crippen molar-refractivity contribution < 1.29 is 17.9 Å². The number of para-hydroxylation sites is 1. The van der Waals surface area contributed by atoms with E-state index in [2.05, 4.69) is 0 Å². The van der Waals surface area contributed by atoms with Gasteiger partial charge in [-0.3, -0.25) is 0 Å². The van der Waals surface area contributed by atoms with Crippen LogP contribution in [0.5, 0.6) is 5.75 Å². The van der Waals surface area contributed by atoms with Crippen LogP contribution >= 0.6 is 0 Å². The number of rotatable bonds is 3. The van der Waals surface area contributed by atoms with Gasteiger partial charge in [0.2, 0.25) is 10.0 Å². The standard InChI is InChI=1S/C18H17N3O4S/c19-14-15-6-8-17(9-7-15)26(23,24)21-12-10-20(11-13-21)18(22)25-16-4-2-1-3-5-16/h1-9H,10-13H2.